The summed E-state index contributed by atoms with van der Waals surface area (Å²) >= 11 is 3.42. The minimum atomic E-state index is 0.0658. The van der Waals surface area contributed by atoms with Gasteiger partial charge in [-0.2, -0.15) is 0 Å². The highest BCUT2D eigenvalue weighted by Gasteiger charge is 2.05. The average molecular weight is 306 g/mol. The lowest BCUT2D eigenvalue weighted by Crippen LogP contribution is -2.08. The molecule has 0 saturated heterocycles. The highest BCUT2D eigenvalue weighted by atomic mass is 79.9. The zero-order valence-electron chi connectivity index (χ0n) is 10.3. The highest BCUT2D eigenvalue weighted by molar-refractivity contribution is 9.10. The summed E-state index contributed by atoms with van der Waals surface area (Å²) in [7, 11) is 0. The van der Waals surface area contributed by atoms with Gasteiger partial charge in [-0.1, -0.05) is 41.1 Å². The lowest BCUT2D eigenvalue weighted by atomic mass is 10.1. The Morgan fingerprint density at radius 3 is 2.44 bits per heavy atom. The lowest BCUT2D eigenvalue weighted by Gasteiger charge is -2.11. The second-order valence-corrected chi connectivity index (χ2v) is 5.06. The maximum absolute atomic E-state index is 6.02. The van der Waals surface area contributed by atoms with E-state index in [9.17, 15) is 0 Å². The number of benzene rings is 2. The summed E-state index contributed by atoms with van der Waals surface area (Å²) in [4.78, 5) is 0. The van der Waals surface area contributed by atoms with Crippen LogP contribution < -0.4 is 10.5 Å². The molecule has 1 atom stereocenters. The molecule has 94 valence electrons. The molecule has 0 radical (unpaired) electrons. The summed E-state index contributed by atoms with van der Waals surface area (Å²) in [5, 5.41) is 0. The van der Waals surface area contributed by atoms with Crippen molar-refractivity contribution in [1.29, 1.82) is 0 Å². The first-order valence-corrected chi connectivity index (χ1v) is 6.77. The van der Waals surface area contributed by atoms with Gasteiger partial charge in [-0.15, -0.1) is 0 Å². The van der Waals surface area contributed by atoms with Crippen LogP contribution in [0.3, 0.4) is 0 Å². The third kappa shape index (κ3) is 3.34. The van der Waals surface area contributed by atoms with E-state index in [2.05, 4.69) is 22.9 Å². The van der Waals surface area contributed by atoms with E-state index in [0.717, 1.165) is 28.0 Å². The Morgan fingerprint density at radius 2 is 1.78 bits per heavy atom. The van der Waals surface area contributed by atoms with Crippen molar-refractivity contribution in [3.05, 3.63) is 58.6 Å². The van der Waals surface area contributed by atoms with E-state index >= 15 is 0 Å². The fraction of sp³-hybridized carbons (Fsp3) is 0.200. The summed E-state index contributed by atoms with van der Waals surface area (Å²) in [5.41, 5.74) is 7.12. The first kappa shape index (κ1) is 13.1. The van der Waals surface area contributed by atoms with Crippen molar-refractivity contribution < 1.29 is 4.74 Å². The average Bonchev–Trinajstić information content (AvgIpc) is 2.38. The third-order valence-electron chi connectivity index (χ3n) is 2.76. The van der Waals surface area contributed by atoms with Crippen molar-refractivity contribution in [2.75, 3.05) is 0 Å². The molecular weight excluding hydrogens is 290 g/mol. The van der Waals surface area contributed by atoms with Gasteiger partial charge in [0.05, 0.1) is 0 Å². The van der Waals surface area contributed by atoms with Gasteiger partial charge >= 0.3 is 0 Å². The molecule has 2 N–H and O–H groups in total. The number of hydrogen-bond donors (Lipinski definition) is 1. The molecule has 0 fully saturated rings. The number of ether oxygens (including phenoxy) is 1. The van der Waals surface area contributed by atoms with Gasteiger partial charge in [0.1, 0.15) is 11.5 Å². The molecule has 0 aliphatic heterocycles. The summed E-state index contributed by atoms with van der Waals surface area (Å²) in [5.74, 6) is 1.63. The van der Waals surface area contributed by atoms with E-state index in [4.69, 9.17) is 10.5 Å². The van der Waals surface area contributed by atoms with Crippen molar-refractivity contribution >= 4 is 15.9 Å². The van der Waals surface area contributed by atoms with Gasteiger partial charge in [0.25, 0.3) is 0 Å². The number of rotatable bonds is 4. The van der Waals surface area contributed by atoms with Gasteiger partial charge in [0.2, 0.25) is 0 Å². The van der Waals surface area contributed by atoms with Crippen molar-refractivity contribution in [2.24, 2.45) is 5.73 Å². The third-order valence-corrected chi connectivity index (χ3v) is 3.25. The zero-order valence-corrected chi connectivity index (χ0v) is 11.9. The minimum absolute atomic E-state index is 0.0658. The van der Waals surface area contributed by atoms with Crippen molar-refractivity contribution in [3.63, 3.8) is 0 Å². The van der Waals surface area contributed by atoms with Crippen LogP contribution in [0.2, 0.25) is 0 Å². The Hall–Kier alpha value is -1.32. The molecule has 0 aromatic heterocycles. The maximum Gasteiger partial charge on any atom is 0.128 e. The predicted molar refractivity (Wildman–Crippen MR) is 77.9 cm³/mol. The smallest absolute Gasteiger partial charge is 0.128 e. The van der Waals surface area contributed by atoms with Crippen LogP contribution in [0.25, 0.3) is 0 Å². The molecule has 1 unspecified atom stereocenters. The standard InChI is InChI=1S/C15H16BrNO/c1-2-15(17)11-5-3-7-13(9-11)18-14-8-4-6-12(16)10-14/h3-10,15H,2,17H2,1H3. The van der Waals surface area contributed by atoms with E-state index in [1.165, 1.54) is 0 Å². The first-order valence-electron chi connectivity index (χ1n) is 5.98. The van der Waals surface area contributed by atoms with E-state index in [1.807, 2.05) is 48.5 Å². The van der Waals surface area contributed by atoms with Crippen LogP contribution in [0.5, 0.6) is 11.5 Å². The van der Waals surface area contributed by atoms with Crippen molar-refractivity contribution in [3.8, 4) is 11.5 Å². The SMILES string of the molecule is CCC(N)c1cccc(Oc2cccc(Br)c2)c1. The van der Waals surface area contributed by atoms with Crippen molar-refractivity contribution in [2.45, 2.75) is 19.4 Å². The quantitative estimate of drug-likeness (QED) is 0.892. The molecule has 18 heavy (non-hydrogen) atoms. The predicted octanol–water partition coefficient (Wildman–Crippen LogP) is 4.65. The van der Waals surface area contributed by atoms with Crippen LogP contribution in [-0.2, 0) is 0 Å². The van der Waals surface area contributed by atoms with E-state index in [-0.39, 0.29) is 6.04 Å². The number of nitrogens with two attached hydrogens (primary N) is 1. The fourth-order valence-electron chi connectivity index (χ4n) is 1.71. The Morgan fingerprint density at radius 1 is 1.11 bits per heavy atom. The van der Waals surface area contributed by atoms with E-state index in [1.54, 1.807) is 0 Å². The molecule has 0 bridgehead atoms. The summed E-state index contributed by atoms with van der Waals surface area (Å²) in [6, 6.07) is 15.8. The van der Waals surface area contributed by atoms with Crippen LogP contribution in [-0.4, -0.2) is 0 Å². The van der Waals surface area contributed by atoms with E-state index < -0.39 is 0 Å². The molecule has 0 amide bonds. The number of halogens is 1. The van der Waals surface area contributed by atoms with Gasteiger partial charge in [-0.05, 0) is 42.3 Å². The molecule has 2 aromatic carbocycles. The molecule has 0 heterocycles. The molecule has 2 nitrogen and oxygen atoms in total. The van der Waals surface area contributed by atoms with Gasteiger partial charge in [0, 0.05) is 10.5 Å². The van der Waals surface area contributed by atoms with Crippen LogP contribution in [0.1, 0.15) is 24.9 Å². The second-order valence-electron chi connectivity index (χ2n) is 4.15. The molecule has 3 heteroatoms. The molecule has 2 rings (SSSR count). The van der Waals surface area contributed by atoms with E-state index in [0.29, 0.717) is 0 Å². The van der Waals surface area contributed by atoms with Crippen LogP contribution in [0, 0.1) is 0 Å². The van der Waals surface area contributed by atoms with Gasteiger partial charge in [0.15, 0.2) is 0 Å². The molecule has 0 aliphatic rings. The normalized spacial score (nSPS) is 12.2. The number of hydrogen-bond acceptors (Lipinski definition) is 2. The van der Waals surface area contributed by atoms with Crippen LogP contribution >= 0.6 is 15.9 Å². The fourth-order valence-corrected chi connectivity index (χ4v) is 2.09. The molecule has 0 spiro atoms. The van der Waals surface area contributed by atoms with Crippen molar-refractivity contribution in [1.82, 2.24) is 0 Å². The molecule has 0 aliphatic carbocycles. The Kier molecular flexibility index (Phi) is 4.39. The summed E-state index contributed by atoms with van der Waals surface area (Å²) < 4.78 is 6.81. The van der Waals surface area contributed by atoms with Crippen LogP contribution in [0.4, 0.5) is 0 Å². The summed E-state index contributed by atoms with van der Waals surface area (Å²) in [6.45, 7) is 2.08. The lowest BCUT2D eigenvalue weighted by molar-refractivity contribution is 0.480. The maximum atomic E-state index is 6.02. The Bertz CT molecular complexity index is 527. The van der Waals surface area contributed by atoms with Gasteiger partial charge in [-0.3, -0.25) is 0 Å². The summed E-state index contributed by atoms with van der Waals surface area (Å²) in [6.07, 6.45) is 0.917. The van der Waals surface area contributed by atoms with Crippen LogP contribution in [0.15, 0.2) is 53.0 Å². The molecule has 0 saturated carbocycles. The highest BCUT2D eigenvalue weighted by Crippen LogP contribution is 2.26. The topological polar surface area (TPSA) is 35.2 Å². The zero-order chi connectivity index (χ0) is 13.0. The molecule has 2 aromatic rings. The Labute approximate surface area is 116 Å². The second kappa shape index (κ2) is 6.03. The first-order chi connectivity index (χ1) is 8.69. The monoisotopic (exact) mass is 305 g/mol. The Balaban J connectivity index is 2.19. The van der Waals surface area contributed by atoms with Gasteiger partial charge in [-0.25, -0.2) is 0 Å². The molecular formula is C15H16BrNO. The largest absolute Gasteiger partial charge is 0.457 e. The minimum Gasteiger partial charge on any atom is -0.457 e. The van der Waals surface area contributed by atoms with Gasteiger partial charge < -0.3 is 10.5 Å².